The quantitative estimate of drug-likeness (QED) is 0.546. The van der Waals surface area contributed by atoms with Gasteiger partial charge in [-0.25, -0.2) is 9.78 Å². The van der Waals surface area contributed by atoms with Crippen LogP contribution in [-0.2, 0) is 4.79 Å². The molecule has 0 radical (unpaired) electrons. The fraction of sp³-hybridized carbons (Fsp3) is 0.300. The Morgan fingerprint density at radius 1 is 1.53 bits per heavy atom. The van der Waals surface area contributed by atoms with E-state index in [9.17, 15) is 19.7 Å². The van der Waals surface area contributed by atoms with Crippen molar-refractivity contribution in [1.29, 1.82) is 0 Å². The van der Waals surface area contributed by atoms with Gasteiger partial charge in [0.1, 0.15) is 0 Å². The van der Waals surface area contributed by atoms with Crippen LogP contribution in [-0.4, -0.2) is 40.0 Å². The molecule has 1 amide bonds. The lowest BCUT2D eigenvalue weighted by Crippen LogP contribution is -2.34. The summed E-state index contributed by atoms with van der Waals surface area (Å²) < 4.78 is 0. The van der Waals surface area contributed by atoms with Crippen LogP contribution in [0.4, 0.5) is 11.5 Å². The topological polar surface area (TPSA) is 140 Å². The molecular weight excluding hydrogens is 256 g/mol. The first-order chi connectivity index (χ1) is 8.86. The summed E-state index contributed by atoms with van der Waals surface area (Å²) in [4.78, 5) is 36.9. The Morgan fingerprint density at radius 3 is 2.58 bits per heavy atom. The summed E-state index contributed by atoms with van der Waals surface area (Å²) in [7, 11) is 0. The van der Waals surface area contributed by atoms with Crippen molar-refractivity contribution in [1.82, 2.24) is 4.98 Å². The molecule has 19 heavy (non-hydrogen) atoms. The van der Waals surface area contributed by atoms with E-state index < -0.39 is 16.8 Å². The lowest BCUT2D eigenvalue weighted by atomic mass is 10.3. The number of anilines is 1. The van der Waals surface area contributed by atoms with Crippen LogP contribution in [0.3, 0.4) is 0 Å². The van der Waals surface area contributed by atoms with E-state index in [1.807, 2.05) is 0 Å². The van der Waals surface area contributed by atoms with E-state index in [2.05, 4.69) is 4.98 Å². The summed E-state index contributed by atoms with van der Waals surface area (Å²) in [6, 6.07) is 2.07. The monoisotopic (exact) mass is 268 g/mol. The van der Waals surface area contributed by atoms with Crippen molar-refractivity contribution in [3.63, 3.8) is 0 Å². The van der Waals surface area contributed by atoms with Crippen LogP contribution in [0.2, 0.25) is 0 Å². The van der Waals surface area contributed by atoms with E-state index in [0.29, 0.717) is 0 Å². The van der Waals surface area contributed by atoms with E-state index in [0.717, 1.165) is 12.1 Å². The van der Waals surface area contributed by atoms with E-state index in [1.165, 1.54) is 4.90 Å². The molecular formula is C10H12N4O5. The van der Waals surface area contributed by atoms with E-state index in [-0.39, 0.29) is 30.3 Å². The number of hydrogen-bond donors (Lipinski definition) is 2. The van der Waals surface area contributed by atoms with Crippen LogP contribution in [0.25, 0.3) is 0 Å². The number of nitrogens with two attached hydrogens (primary N) is 1. The highest BCUT2D eigenvalue weighted by Crippen LogP contribution is 2.25. The maximum atomic E-state index is 10.9. The summed E-state index contributed by atoms with van der Waals surface area (Å²) in [5, 5.41) is 19.7. The molecule has 102 valence electrons. The largest absolute Gasteiger partial charge is 0.477 e. The zero-order valence-electron chi connectivity index (χ0n) is 10.1. The highest BCUT2D eigenvalue weighted by molar-refractivity contribution is 5.87. The number of primary amides is 1. The number of carboxylic acids is 1. The Bertz CT molecular complexity index is 531. The van der Waals surface area contributed by atoms with Gasteiger partial charge in [0.2, 0.25) is 11.7 Å². The molecule has 1 heterocycles. The molecule has 0 aliphatic heterocycles. The number of aromatic carboxylic acids is 1. The first-order valence-corrected chi connectivity index (χ1v) is 5.28. The highest BCUT2D eigenvalue weighted by atomic mass is 16.6. The number of amides is 1. The minimum Gasteiger partial charge on any atom is -0.477 e. The Balaban J connectivity index is 3.33. The third-order valence-electron chi connectivity index (χ3n) is 2.30. The average Bonchev–Trinajstić information content (AvgIpc) is 2.34. The fourth-order valence-electron chi connectivity index (χ4n) is 1.46. The molecule has 0 unspecified atom stereocenters. The van der Waals surface area contributed by atoms with Crippen LogP contribution in [0, 0.1) is 10.1 Å². The van der Waals surface area contributed by atoms with E-state index >= 15 is 0 Å². The van der Waals surface area contributed by atoms with Gasteiger partial charge in [-0.2, -0.15) is 0 Å². The number of likely N-dealkylation sites (N-methyl/N-ethyl adjacent to an activating group) is 1. The van der Waals surface area contributed by atoms with Crippen molar-refractivity contribution < 1.29 is 19.6 Å². The Hall–Kier alpha value is -2.71. The number of aromatic nitrogens is 1. The number of carbonyl (C=O) groups excluding carboxylic acids is 1. The molecule has 0 aromatic carbocycles. The summed E-state index contributed by atoms with van der Waals surface area (Å²) in [5.74, 6) is -2.20. The number of hydrogen-bond acceptors (Lipinski definition) is 6. The predicted molar refractivity (Wildman–Crippen MR) is 64.9 cm³/mol. The molecule has 0 aliphatic rings. The minimum atomic E-state index is -1.31. The smallest absolute Gasteiger partial charge is 0.354 e. The van der Waals surface area contributed by atoms with Crippen molar-refractivity contribution in [2.75, 3.05) is 18.0 Å². The van der Waals surface area contributed by atoms with Gasteiger partial charge in [-0.3, -0.25) is 14.9 Å². The zero-order chi connectivity index (χ0) is 14.6. The number of nitrogens with zero attached hydrogens (tertiary/aromatic N) is 3. The Morgan fingerprint density at radius 2 is 2.16 bits per heavy atom. The first kappa shape index (κ1) is 14.4. The third kappa shape index (κ3) is 3.37. The third-order valence-corrected chi connectivity index (χ3v) is 2.30. The summed E-state index contributed by atoms with van der Waals surface area (Å²) >= 11 is 0. The molecule has 3 N–H and O–H groups in total. The van der Waals surface area contributed by atoms with Crippen molar-refractivity contribution in [2.24, 2.45) is 5.73 Å². The molecule has 9 nitrogen and oxygen atoms in total. The van der Waals surface area contributed by atoms with Crippen LogP contribution < -0.4 is 10.6 Å². The highest BCUT2D eigenvalue weighted by Gasteiger charge is 2.23. The van der Waals surface area contributed by atoms with Gasteiger partial charge in [-0.15, -0.1) is 0 Å². The molecule has 0 saturated heterocycles. The zero-order valence-corrected chi connectivity index (χ0v) is 10.1. The lowest BCUT2D eigenvalue weighted by Gasteiger charge is -2.19. The van der Waals surface area contributed by atoms with Gasteiger partial charge < -0.3 is 15.7 Å². The second kappa shape index (κ2) is 5.76. The number of pyridine rings is 1. The summed E-state index contributed by atoms with van der Waals surface area (Å²) in [5.41, 5.74) is 4.31. The van der Waals surface area contributed by atoms with E-state index in [1.54, 1.807) is 6.92 Å². The average molecular weight is 268 g/mol. The van der Waals surface area contributed by atoms with Crippen molar-refractivity contribution in [2.45, 2.75) is 6.92 Å². The molecule has 0 atom stereocenters. The maximum absolute atomic E-state index is 10.9. The van der Waals surface area contributed by atoms with Gasteiger partial charge in [0, 0.05) is 12.6 Å². The fourth-order valence-corrected chi connectivity index (χ4v) is 1.46. The number of rotatable bonds is 6. The van der Waals surface area contributed by atoms with Crippen molar-refractivity contribution >= 4 is 23.4 Å². The second-order valence-corrected chi connectivity index (χ2v) is 3.58. The minimum absolute atomic E-state index is 0.189. The van der Waals surface area contributed by atoms with Gasteiger partial charge in [0.15, 0.2) is 5.69 Å². The first-order valence-electron chi connectivity index (χ1n) is 5.28. The van der Waals surface area contributed by atoms with Crippen molar-refractivity contribution in [3.8, 4) is 0 Å². The predicted octanol–water partition coefficient (Wildman–Crippen LogP) is -0.000400. The Labute approximate surface area is 107 Å². The Kier molecular flexibility index (Phi) is 4.35. The number of carbonyl (C=O) groups is 2. The number of carboxylic acid groups (broad SMARTS) is 1. The molecule has 1 rings (SSSR count). The molecule has 1 aromatic heterocycles. The van der Waals surface area contributed by atoms with Gasteiger partial charge in [0.25, 0.3) is 0 Å². The molecule has 1 aromatic rings. The molecule has 0 bridgehead atoms. The normalized spacial score (nSPS) is 9.95. The van der Waals surface area contributed by atoms with Crippen LogP contribution in [0.5, 0.6) is 0 Å². The molecule has 9 heteroatoms. The SMILES string of the molecule is CCN(CC(N)=O)c1nc(C(=O)O)ccc1[N+](=O)[O-]. The van der Waals surface area contributed by atoms with Crippen molar-refractivity contribution in [3.05, 3.63) is 27.9 Å². The maximum Gasteiger partial charge on any atom is 0.354 e. The standard InChI is InChI=1S/C10H12N4O5/c1-2-13(5-8(11)15)9-7(14(18)19)4-3-6(12-9)10(16)17/h3-4H,2,5H2,1H3,(H2,11,15)(H,16,17). The van der Waals surface area contributed by atoms with Crippen LogP contribution >= 0.6 is 0 Å². The molecule has 0 aliphatic carbocycles. The lowest BCUT2D eigenvalue weighted by molar-refractivity contribution is -0.384. The van der Waals surface area contributed by atoms with Gasteiger partial charge in [-0.1, -0.05) is 0 Å². The van der Waals surface area contributed by atoms with E-state index in [4.69, 9.17) is 10.8 Å². The van der Waals surface area contributed by atoms with Crippen LogP contribution in [0.1, 0.15) is 17.4 Å². The van der Waals surface area contributed by atoms with Crippen LogP contribution in [0.15, 0.2) is 12.1 Å². The summed E-state index contributed by atoms with van der Waals surface area (Å²) in [6.45, 7) is 1.58. The molecule has 0 spiro atoms. The van der Waals surface area contributed by atoms with Gasteiger partial charge in [-0.05, 0) is 13.0 Å². The molecule has 0 saturated carbocycles. The van der Waals surface area contributed by atoms with Gasteiger partial charge in [0.05, 0.1) is 11.5 Å². The summed E-state index contributed by atoms with van der Waals surface area (Å²) in [6.07, 6.45) is 0. The molecule has 0 fully saturated rings. The van der Waals surface area contributed by atoms with Gasteiger partial charge >= 0.3 is 11.7 Å². The number of nitro groups is 1. The second-order valence-electron chi connectivity index (χ2n) is 3.58.